The molecule has 2 fully saturated rings. The highest BCUT2D eigenvalue weighted by molar-refractivity contribution is 6.30. The Morgan fingerprint density at radius 1 is 1.12 bits per heavy atom. The Bertz CT molecular complexity index is 802. The lowest BCUT2D eigenvalue weighted by Crippen LogP contribution is -2.35. The van der Waals surface area contributed by atoms with E-state index in [-0.39, 0.29) is 23.8 Å². The third kappa shape index (κ3) is 3.28. The molecule has 1 saturated heterocycles. The molecule has 2 aliphatic rings. The van der Waals surface area contributed by atoms with Crippen molar-refractivity contribution in [1.29, 1.82) is 0 Å². The fourth-order valence-electron chi connectivity index (χ4n) is 4.24. The third-order valence-electron chi connectivity index (χ3n) is 5.55. The Hall–Kier alpha value is -2.14. The maximum atomic E-state index is 13.0. The zero-order valence-corrected chi connectivity index (χ0v) is 15.5. The molecule has 1 saturated carbocycles. The van der Waals surface area contributed by atoms with E-state index < -0.39 is 0 Å². The van der Waals surface area contributed by atoms with Gasteiger partial charge in [-0.1, -0.05) is 36.6 Å². The Morgan fingerprint density at radius 2 is 1.85 bits per heavy atom. The number of nitrogens with two attached hydrogens (primary N) is 1. The summed E-state index contributed by atoms with van der Waals surface area (Å²) >= 11 is 6.02. The summed E-state index contributed by atoms with van der Waals surface area (Å²) in [5, 5.41) is 0.686. The van der Waals surface area contributed by atoms with Gasteiger partial charge in [-0.15, -0.1) is 0 Å². The summed E-state index contributed by atoms with van der Waals surface area (Å²) in [7, 11) is 0. The first-order valence-corrected chi connectivity index (χ1v) is 9.70. The second kappa shape index (κ2) is 7.23. The van der Waals surface area contributed by atoms with Gasteiger partial charge >= 0.3 is 0 Å². The maximum absolute atomic E-state index is 13.0. The first-order valence-electron chi connectivity index (χ1n) is 9.32. The van der Waals surface area contributed by atoms with Crippen molar-refractivity contribution >= 4 is 23.5 Å². The van der Waals surface area contributed by atoms with Crippen LogP contribution < -0.4 is 5.73 Å². The number of anilines is 1. The lowest BCUT2D eigenvalue weighted by atomic mass is 9.99. The molecule has 1 amide bonds. The quantitative estimate of drug-likeness (QED) is 0.877. The number of carbonyl (C=O) groups excluding carboxylic acids is 1. The van der Waals surface area contributed by atoms with Crippen LogP contribution in [-0.2, 0) is 4.79 Å². The van der Waals surface area contributed by atoms with E-state index in [1.165, 1.54) is 0 Å². The summed E-state index contributed by atoms with van der Waals surface area (Å²) in [6, 6.07) is 7.59. The van der Waals surface area contributed by atoms with E-state index >= 15 is 0 Å². The third-order valence-corrected chi connectivity index (χ3v) is 5.80. The number of hydrogen-bond donors (Lipinski definition) is 1. The minimum absolute atomic E-state index is 0.0286. The molecular weight excluding hydrogens is 348 g/mol. The second-order valence-corrected chi connectivity index (χ2v) is 7.64. The molecule has 1 aliphatic heterocycles. The summed E-state index contributed by atoms with van der Waals surface area (Å²) in [6.07, 6.45) is 8.01. The van der Waals surface area contributed by atoms with Crippen LogP contribution in [0.4, 0.5) is 5.95 Å². The molecule has 4 rings (SSSR count). The molecule has 2 N–H and O–H groups in total. The van der Waals surface area contributed by atoms with Gasteiger partial charge in [-0.25, -0.2) is 9.97 Å². The van der Waals surface area contributed by atoms with E-state index in [1.807, 2.05) is 29.2 Å². The zero-order valence-electron chi connectivity index (χ0n) is 14.7. The van der Waals surface area contributed by atoms with Gasteiger partial charge in [0.2, 0.25) is 11.9 Å². The SMILES string of the molecule is Nc1ncc(-c2ccc(Cl)cc2)c([C@H]2CCCN2C(=O)C2CCCC2)n1. The second-order valence-electron chi connectivity index (χ2n) is 7.21. The van der Waals surface area contributed by atoms with Crippen LogP contribution in [0.25, 0.3) is 11.1 Å². The summed E-state index contributed by atoms with van der Waals surface area (Å²) in [5.41, 5.74) is 8.66. The number of likely N-dealkylation sites (tertiary alicyclic amines) is 1. The van der Waals surface area contributed by atoms with E-state index in [0.717, 1.165) is 61.9 Å². The van der Waals surface area contributed by atoms with Crippen LogP contribution in [0.1, 0.15) is 50.3 Å². The number of hydrogen-bond acceptors (Lipinski definition) is 4. The van der Waals surface area contributed by atoms with Crippen LogP contribution in [0, 0.1) is 5.92 Å². The van der Waals surface area contributed by atoms with E-state index in [2.05, 4.69) is 9.97 Å². The van der Waals surface area contributed by atoms with Crippen molar-refractivity contribution in [2.75, 3.05) is 12.3 Å². The largest absolute Gasteiger partial charge is 0.368 e. The lowest BCUT2D eigenvalue weighted by molar-refractivity contribution is -0.136. The summed E-state index contributed by atoms with van der Waals surface area (Å²) < 4.78 is 0. The Kier molecular flexibility index (Phi) is 4.81. The molecule has 1 aliphatic carbocycles. The standard InChI is InChI=1S/C20H23ClN4O/c21-15-9-7-13(8-10-15)16-12-23-20(22)24-18(16)17-6-3-11-25(17)19(26)14-4-1-2-5-14/h7-10,12,14,17H,1-6,11H2,(H2,22,23,24)/t17-/m1/s1. The fraction of sp³-hybridized carbons (Fsp3) is 0.450. The van der Waals surface area contributed by atoms with E-state index in [0.29, 0.717) is 5.02 Å². The Morgan fingerprint density at radius 3 is 2.58 bits per heavy atom. The van der Waals surface area contributed by atoms with Gasteiger partial charge in [0.15, 0.2) is 0 Å². The molecule has 0 radical (unpaired) electrons. The minimum atomic E-state index is -0.0286. The van der Waals surface area contributed by atoms with Crippen molar-refractivity contribution in [2.45, 2.75) is 44.6 Å². The monoisotopic (exact) mass is 370 g/mol. The number of amides is 1. The summed E-state index contributed by atoms with van der Waals surface area (Å²) in [5.74, 6) is 0.705. The number of rotatable bonds is 3. The van der Waals surface area contributed by atoms with Crippen molar-refractivity contribution in [3.8, 4) is 11.1 Å². The van der Waals surface area contributed by atoms with Gasteiger partial charge in [0.25, 0.3) is 0 Å². The molecule has 1 atom stereocenters. The van der Waals surface area contributed by atoms with Crippen LogP contribution in [0.2, 0.25) is 5.02 Å². The molecule has 5 nitrogen and oxygen atoms in total. The van der Waals surface area contributed by atoms with Gasteiger partial charge in [0.1, 0.15) is 0 Å². The van der Waals surface area contributed by atoms with Crippen molar-refractivity contribution in [3.63, 3.8) is 0 Å². The van der Waals surface area contributed by atoms with Crippen LogP contribution in [0.5, 0.6) is 0 Å². The highest BCUT2D eigenvalue weighted by Crippen LogP contribution is 2.39. The van der Waals surface area contributed by atoms with E-state index in [9.17, 15) is 4.79 Å². The normalized spacial score (nSPS) is 20.7. The van der Waals surface area contributed by atoms with Crippen molar-refractivity contribution in [2.24, 2.45) is 5.92 Å². The molecular formula is C20H23ClN4O. The molecule has 26 heavy (non-hydrogen) atoms. The van der Waals surface area contributed by atoms with Gasteiger partial charge < -0.3 is 10.6 Å². The Labute approximate surface area is 158 Å². The zero-order chi connectivity index (χ0) is 18.1. The fourth-order valence-corrected chi connectivity index (χ4v) is 4.36. The first kappa shape index (κ1) is 17.3. The number of carbonyl (C=O) groups is 1. The van der Waals surface area contributed by atoms with Gasteiger partial charge in [-0.05, 0) is 43.4 Å². The number of aromatic nitrogens is 2. The van der Waals surface area contributed by atoms with E-state index in [4.69, 9.17) is 17.3 Å². The molecule has 2 heterocycles. The summed E-state index contributed by atoms with van der Waals surface area (Å²) in [4.78, 5) is 23.8. The van der Waals surface area contributed by atoms with Gasteiger partial charge in [0.05, 0.1) is 11.7 Å². The maximum Gasteiger partial charge on any atom is 0.226 e. The molecule has 0 spiro atoms. The van der Waals surface area contributed by atoms with Crippen LogP contribution in [-0.4, -0.2) is 27.3 Å². The molecule has 136 valence electrons. The van der Waals surface area contributed by atoms with Crippen molar-refractivity contribution in [1.82, 2.24) is 14.9 Å². The van der Waals surface area contributed by atoms with Gasteiger partial charge in [-0.2, -0.15) is 0 Å². The Balaban J connectivity index is 1.70. The number of nitrogens with zero attached hydrogens (tertiary/aromatic N) is 3. The average Bonchev–Trinajstić information content (AvgIpc) is 3.34. The highest BCUT2D eigenvalue weighted by atomic mass is 35.5. The van der Waals surface area contributed by atoms with Gasteiger partial charge in [-0.3, -0.25) is 4.79 Å². The number of nitrogen functional groups attached to an aromatic ring is 1. The molecule has 6 heteroatoms. The van der Waals surface area contributed by atoms with Crippen LogP contribution in [0.15, 0.2) is 30.5 Å². The highest BCUT2D eigenvalue weighted by Gasteiger charge is 2.36. The minimum Gasteiger partial charge on any atom is -0.368 e. The molecule has 0 unspecified atom stereocenters. The van der Waals surface area contributed by atoms with Crippen molar-refractivity contribution < 1.29 is 4.79 Å². The van der Waals surface area contributed by atoms with Gasteiger partial charge in [0, 0.05) is 29.2 Å². The average molecular weight is 371 g/mol. The lowest BCUT2D eigenvalue weighted by Gasteiger charge is -2.28. The van der Waals surface area contributed by atoms with E-state index in [1.54, 1.807) is 6.20 Å². The first-order chi connectivity index (χ1) is 12.6. The molecule has 0 bridgehead atoms. The molecule has 1 aromatic carbocycles. The summed E-state index contributed by atoms with van der Waals surface area (Å²) in [6.45, 7) is 0.796. The molecule has 1 aromatic heterocycles. The number of halogens is 1. The topological polar surface area (TPSA) is 72.1 Å². The van der Waals surface area contributed by atoms with Crippen LogP contribution in [0.3, 0.4) is 0 Å². The van der Waals surface area contributed by atoms with Crippen molar-refractivity contribution in [3.05, 3.63) is 41.2 Å². The number of benzene rings is 1. The predicted molar refractivity (Wildman–Crippen MR) is 103 cm³/mol. The molecule has 2 aromatic rings. The van der Waals surface area contributed by atoms with Crippen LogP contribution >= 0.6 is 11.6 Å². The predicted octanol–water partition coefficient (Wildman–Crippen LogP) is 4.23. The smallest absolute Gasteiger partial charge is 0.226 e.